The molecule has 0 saturated carbocycles. The van der Waals surface area contributed by atoms with Gasteiger partial charge in [0, 0.05) is 6.92 Å². The number of carbonyl (C=O) groups excluding carboxylic acids is 1. The maximum absolute atomic E-state index is 11.0. The van der Waals surface area contributed by atoms with Gasteiger partial charge in [0.25, 0.3) is 0 Å². The average Bonchev–Trinajstić information content (AvgIpc) is 2.16. The molecule has 0 heterocycles. The van der Waals surface area contributed by atoms with Crippen molar-refractivity contribution in [3.63, 3.8) is 0 Å². The van der Waals surface area contributed by atoms with E-state index in [1.807, 2.05) is 12.1 Å². The highest BCUT2D eigenvalue weighted by atomic mass is 16.5. The molecule has 0 spiro atoms. The van der Waals surface area contributed by atoms with Gasteiger partial charge in [-0.25, -0.2) is 0 Å². The molecule has 0 bridgehead atoms. The summed E-state index contributed by atoms with van der Waals surface area (Å²) in [4.78, 5) is 11.0. The zero-order valence-corrected chi connectivity index (χ0v) is 9.19. The maximum atomic E-state index is 11.0. The van der Waals surface area contributed by atoms with Crippen LogP contribution in [-0.2, 0) is 16.0 Å². The molecule has 1 aliphatic carbocycles. The smallest absolute Gasteiger partial charge is 0.303 e. The highest BCUT2D eigenvalue weighted by Gasteiger charge is 2.26. The Morgan fingerprint density at radius 1 is 1.40 bits per heavy atom. The predicted molar refractivity (Wildman–Crippen MR) is 58.4 cm³/mol. The van der Waals surface area contributed by atoms with Crippen LogP contribution in [0.1, 0.15) is 37.5 Å². The van der Waals surface area contributed by atoms with E-state index < -0.39 is 0 Å². The number of hydrogen-bond acceptors (Lipinski definition) is 2. The van der Waals surface area contributed by atoms with Crippen molar-refractivity contribution in [1.82, 2.24) is 0 Å². The van der Waals surface area contributed by atoms with E-state index >= 15 is 0 Å². The Bertz CT molecular complexity index is 371. The van der Waals surface area contributed by atoms with Gasteiger partial charge in [0.05, 0.1) is 0 Å². The van der Waals surface area contributed by atoms with Crippen molar-refractivity contribution in [2.45, 2.75) is 32.8 Å². The third-order valence-corrected chi connectivity index (χ3v) is 2.90. The van der Waals surface area contributed by atoms with Gasteiger partial charge in [-0.3, -0.25) is 4.79 Å². The van der Waals surface area contributed by atoms with Crippen molar-refractivity contribution in [1.29, 1.82) is 0 Å². The zero-order valence-electron chi connectivity index (χ0n) is 9.19. The summed E-state index contributed by atoms with van der Waals surface area (Å²) in [5.41, 5.74) is 2.51. The Kier molecular flexibility index (Phi) is 2.76. The van der Waals surface area contributed by atoms with E-state index in [1.165, 1.54) is 18.1 Å². The highest BCUT2D eigenvalue weighted by Crippen LogP contribution is 2.35. The van der Waals surface area contributed by atoms with Gasteiger partial charge in [-0.05, 0) is 29.9 Å². The highest BCUT2D eigenvalue weighted by molar-refractivity contribution is 5.66. The van der Waals surface area contributed by atoms with Crippen LogP contribution in [0.2, 0.25) is 0 Å². The van der Waals surface area contributed by atoms with Crippen LogP contribution in [-0.4, -0.2) is 5.97 Å². The number of rotatable bonds is 1. The monoisotopic (exact) mass is 204 g/mol. The van der Waals surface area contributed by atoms with Crippen molar-refractivity contribution >= 4 is 5.97 Å². The largest absolute Gasteiger partial charge is 0.458 e. The van der Waals surface area contributed by atoms with Gasteiger partial charge in [0.1, 0.15) is 6.10 Å². The van der Waals surface area contributed by atoms with Crippen LogP contribution < -0.4 is 0 Å². The number of hydrogen-bond donors (Lipinski definition) is 0. The second kappa shape index (κ2) is 4.05. The number of benzene rings is 1. The summed E-state index contributed by atoms with van der Waals surface area (Å²) in [6.45, 7) is 3.67. The molecule has 80 valence electrons. The molecule has 0 unspecified atom stereocenters. The first-order chi connectivity index (χ1) is 7.16. The minimum Gasteiger partial charge on any atom is -0.458 e. The van der Waals surface area contributed by atoms with Crippen molar-refractivity contribution in [2.24, 2.45) is 5.92 Å². The SMILES string of the molecule is CC(=O)O[C@H]1C[C@H](C)Cc2ccccc21. The fourth-order valence-corrected chi connectivity index (χ4v) is 2.30. The van der Waals surface area contributed by atoms with Crippen LogP contribution in [0.5, 0.6) is 0 Å². The summed E-state index contributed by atoms with van der Waals surface area (Å²) < 4.78 is 5.35. The summed E-state index contributed by atoms with van der Waals surface area (Å²) in [6, 6.07) is 8.24. The lowest BCUT2D eigenvalue weighted by Gasteiger charge is -2.29. The van der Waals surface area contributed by atoms with Crippen molar-refractivity contribution in [3.8, 4) is 0 Å². The van der Waals surface area contributed by atoms with Crippen molar-refractivity contribution < 1.29 is 9.53 Å². The van der Waals surface area contributed by atoms with E-state index in [0.717, 1.165) is 12.8 Å². The second-order valence-electron chi connectivity index (χ2n) is 4.34. The fourth-order valence-electron chi connectivity index (χ4n) is 2.30. The van der Waals surface area contributed by atoms with Crippen LogP contribution in [0.4, 0.5) is 0 Å². The van der Waals surface area contributed by atoms with Gasteiger partial charge in [-0.15, -0.1) is 0 Å². The summed E-state index contributed by atoms with van der Waals surface area (Å²) >= 11 is 0. The van der Waals surface area contributed by atoms with E-state index in [1.54, 1.807) is 0 Å². The number of fused-ring (bicyclic) bond motifs is 1. The van der Waals surface area contributed by atoms with Gasteiger partial charge in [0.2, 0.25) is 0 Å². The van der Waals surface area contributed by atoms with Crippen LogP contribution in [0, 0.1) is 5.92 Å². The summed E-state index contributed by atoms with van der Waals surface area (Å²) in [7, 11) is 0. The molecular weight excluding hydrogens is 188 g/mol. The van der Waals surface area contributed by atoms with Crippen LogP contribution in [0.3, 0.4) is 0 Å². The van der Waals surface area contributed by atoms with E-state index in [0.29, 0.717) is 5.92 Å². The third kappa shape index (κ3) is 2.20. The Labute approximate surface area is 90.3 Å². The summed E-state index contributed by atoms with van der Waals surface area (Å²) in [6.07, 6.45) is 1.99. The molecular formula is C13H16O2. The van der Waals surface area contributed by atoms with E-state index in [-0.39, 0.29) is 12.1 Å². The van der Waals surface area contributed by atoms with Crippen LogP contribution in [0.15, 0.2) is 24.3 Å². The Hall–Kier alpha value is -1.31. The molecule has 1 aliphatic rings. The Morgan fingerprint density at radius 2 is 2.13 bits per heavy atom. The first-order valence-electron chi connectivity index (χ1n) is 5.42. The number of esters is 1. The van der Waals surface area contributed by atoms with E-state index in [4.69, 9.17) is 4.74 Å². The maximum Gasteiger partial charge on any atom is 0.303 e. The van der Waals surface area contributed by atoms with E-state index in [2.05, 4.69) is 19.1 Å². The molecule has 2 nitrogen and oxygen atoms in total. The van der Waals surface area contributed by atoms with E-state index in [9.17, 15) is 4.79 Å². The molecule has 1 aromatic carbocycles. The molecule has 0 radical (unpaired) electrons. The minimum atomic E-state index is -0.191. The molecule has 0 aromatic heterocycles. The van der Waals surface area contributed by atoms with Crippen LogP contribution >= 0.6 is 0 Å². The molecule has 0 amide bonds. The second-order valence-corrected chi connectivity index (χ2v) is 4.34. The normalized spacial score (nSPS) is 24.4. The Balaban J connectivity index is 2.29. The van der Waals surface area contributed by atoms with Gasteiger partial charge >= 0.3 is 5.97 Å². The minimum absolute atomic E-state index is 0.0394. The predicted octanol–water partition coefficient (Wildman–Crippen LogP) is 2.87. The van der Waals surface area contributed by atoms with Gasteiger partial charge < -0.3 is 4.74 Å². The molecule has 2 heteroatoms. The molecule has 0 fully saturated rings. The zero-order chi connectivity index (χ0) is 10.8. The number of ether oxygens (including phenoxy) is 1. The lowest BCUT2D eigenvalue weighted by atomic mass is 9.83. The van der Waals surface area contributed by atoms with Crippen LogP contribution in [0.25, 0.3) is 0 Å². The fraction of sp³-hybridized carbons (Fsp3) is 0.462. The van der Waals surface area contributed by atoms with Crippen molar-refractivity contribution in [3.05, 3.63) is 35.4 Å². The molecule has 0 aliphatic heterocycles. The Morgan fingerprint density at radius 3 is 2.87 bits per heavy atom. The third-order valence-electron chi connectivity index (χ3n) is 2.90. The lowest BCUT2D eigenvalue weighted by Crippen LogP contribution is -2.20. The molecule has 0 N–H and O–H groups in total. The quantitative estimate of drug-likeness (QED) is 0.657. The standard InChI is InChI=1S/C13H16O2/c1-9-7-11-5-3-4-6-12(11)13(8-9)15-10(2)14/h3-6,9,13H,7-8H2,1-2H3/t9-,13+/m1/s1. The van der Waals surface area contributed by atoms with Gasteiger partial charge in [-0.2, -0.15) is 0 Å². The first-order valence-corrected chi connectivity index (χ1v) is 5.42. The molecule has 2 atom stereocenters. The topological polar surface area (TPSA) is 26.3 Å². The van der Waals surface area contributed by atoms with Crippen molar-refractivity contribution in [2.75, 3.05) is 0 Å². The summed E-state index contributed by atoms with van der Waals surface area (Å²) in [5, 5.41) is 0. The first kappa shape index (κ1) is 10.2. The molecule has 1 aromatic rings. The number of carbonyl (C=O) groups is 1. The average molecular weight is 204 g/mol. The van der Waals surface area contributed by atoms with Gasteiger partial charge in [-0.1, -0.05) is 31.2 Å². The lowest BCUT2D eigenvalue weighted by molar-refractivity contribution is -0.147. The van der Waals surface area contributed by atoms with Gasteiger partial charge in [0.15, 0.2) is 0 Å². The molecule has 0 saturated heterocycles. The summed E-state index contributed by atoms with van der Waals surface area (Å²) in [5.74, 6) is 0.396. The molecule has 15 heavy (non-hydrogen) atoms. The molecule has 2 rings (SSSR count).